The first-order valence-corrected chi connectivity index (χ1v) is 6.61. The average Bonchev–Trinajstić information content (AvgIpc) is 2.41. The van der Waals surface area contributed by atoms with Gasteiger partial charge in [-0.3, -0.25) is 0 Å². The summed E-state index contributed by atoms with van der Waals surface area (Å²) < 4.78 is 19.3. The van der Waals surface area contributed by atoms with Crippen LogP contribution in [0.25, 0.3) is 0 Å². The van der Waals surface area contributed by atoms with E-state index in [0.717, 1.165) is 5.56 Å². The normalized spacial score (nSPS) is 10.6. The molecule has 0 unspecified atom stereocenters. The lowest BCUT2D eigenvalue weighted by molar-refractivity contribution is 0.222. The number of benzene rings is 1. The van der Waals surface area contributed by atoms with Gasteiger partial charge in [0.25, 0.3) is 0 Å². The Morgan fingerprint density at radius 3 is 2.48 bits per heavy atom. The van der Waals surface area contributed by atoms with Crippen LogP contribution in [-0.4, -0.2) is 28.1 Å². The lowest BCUT2D eigenvalue weighted by atomic mass is 10.2. The van der Waals surface area contributed by atoms with Crippen LogP contribution in [0.3, 0.4) is 0 Å². The Bertz CT molecular complexity index is 633. The summed E-state index contributed by atoms with van der Waals surface area (Å²) in [6, 6.07) is 5.06. The SMILES string of the molecule is CNc1nc(Nc2ccc(C)cc2F)nc(OC(C)C)n1. The largest absolute Gasteiger partial charge is 0.461 e. The molecule has 2 rings (SSSR count). The Labute approximate surface area is 122 Å². The highest BCUT2D eigenvalue weighted by molar-refractivity contribution is 5.55. The molecule has 0 saturated heterocycles. The minimum absolute atomic E-state index is 0.0685. The number of ether oxygens (including phenoxy) is 1. The molecule has 1 heterocycles. The second kappa shape index (κ2) is 6.34. The predicted molar refractivity (Wildman–Crippen MR) is 79.6 cm³/mol. The Morgan fingerprint density at radius 1 is 1.14 bits per heavy atom. The lowest BCUT2D eigenvalue weighted by Gasteiger charge is -2.11. The van der Waals surface area contributed by atoms with Crippen LogP contribution in [-0.2, 0) is 0 Å². The van der Waals surface area contributed by atoms with E-state index in [1.807, 2.05) is 20.8 Å². The van der Waals surface area contributed by atoms with Crippen LogP contribution >= 0.6 is 0 Å². The number of anilines is 3. The van der Waals surface area contributed by atoms with Crippen molar-refractivity contribution < 1.29 is 9.13 Å². The fourth-order valence-electron chi connectivity index (χ4n) is 1.63. The number of hydrogen-bond acceptors (Lipinski definition) is 6. The zero-order valence-corrected chi connectivity index (χ0v) is 12.4. The van der Waals surface area contributed by atoms with E-state index in [1.54, 1.807) is 19.2 Å². The van der Waals surface area contributed by atoms with Crippen molar-refractivity contribution in [2.45, 2.75) is 26.9 Å². The van der Waals surface area contributed by atoms with Crippen molar-refractivity contribution in [3.63, 3.8) is 0 Å². The summed E-state index contributed by atoms with van der Waals surface area (Å²) in [5.74, 6) is 0.191. The molecule has 2 N–H and O–H groups in total. The molecule has 1 aromatic heterocycles. The molecule has 0 bridgehead atoms. The summed E-state index contributed by atoms with van der Waals surface area (Å²) in [5.41, 5.74) is 1.14. The Hall–Kier alpha value is -2.44. The quantitative estimate of drug-likeness (QED) is 0.882. The number of halogens is 1. The molecule has 0 radical (unpaired) electrons. The van der Waals surface area contributed by atoms with Crippen molar-refractivity contribution in [2.75, 3.05) is 17.7 Å². The van der Waals surface area contributed by atoms with Crippen molar-refractivity contribution in [1.82, 2.24) is 15.0 Å². The zero-order chi connectivity index (χ0) is 15.4. The second-order valence-electron chi connectivity index (χ2n) is 4.79. The Morgan fingerprint density at radius 2 is 1.86 bits per heavy atom. The molecule has 0 aliphatic heterocycles. The molecule has 0 aliphatic carbocycles. The van der Waals surface area contributed by atoms with Gasteiger partial charge in [-0.05, 0) is 38.5 Å². The summed E-state index contributed by atoms with van der Waals surface area (Å²) in [6.07, 6.45) is -0.0685. The Kier molecular flexibility index (Phi) is 4.52. The van der Waals surface area contributed by atoms with Crippen LogP contribution in [0.2, 0.25) is 0 Å². The first kappa shape index (κ1) is 15.0. The van der Waals surface area contributed by atoms with Gasteiger partial charge in [0.05, 0.1) is 11.8 Å². The lowest BCUT2D eigenvalue weighted by Crippen LogP contribution is -2.12. The number of rotatable bonds is 5. The van der Waals surface area contributed by atoms with E-state index in [2.05, 4.69) is 25.6 Å². The molecule has 1 aromatic carbocycles. The van der Waals surface area contributed by atoms with E-state index in [4.69, 9.17) is 4.74 Å². The third-order valence-corrected chi connectivity index (χ3v) is 2.55. The predicted octanol–water partition coefficient (Wildman–Crippen LogP) is 2.89. The van der Waals surface area contributed by atoms with Gasteiger partial charge < -0.3 is 15.4 Å². The first-order chi connectivity index (χ1) is 9.97. The molecule has 0 amide bonds. The second-order valence-corrected chi connectivity index (χ2v) is 4.79. The van der Waals surface area contributed by atoms with Gasteiger partial charge in [-0.2, -0.15) is 15.0 Å². The van der Waals surface area contributed by atoms with E-state index in [1.165, 1.54) is 6.07 Å². The molecule has 0 spiro atoms. The van der Waals surface area contributed by atoms with Crippen LogP contribution in [0.4, 0.5) is 22.0 Å². The van der Waals surface area contributed by atoms with Crippen molar-refractivity contribution in [1.29, 1.82) is 0 Å². The minimum atomic E-state index is -0.368. The van der Waals surface area contributed by atoms with E-state index in [0.29, 0.717) is 11.6 Å². The van der Waals surface area contributed by atoms with Gasteiger partial charge in [0.2, 0.25) is 11.9 Å². The fourth-order valence-corrected chi connectivity index (χ4v) is 1.63. The molecular weight excluding hydrogens is 273 g/mol. The van der Waals surface area contributed by atoms with E-state index in [-0.39, 0.29) is 23.9 Å². The van der Waals surface area contributed by atoms with Crippen LogP contribution in [0.15, 0.2) is 18.2 Å². The highest BCUT2D eigenvalue weighted by Gasteiger charge is 2.10. The minimum Gasteiger partial charge on any atom is -0.461 e. The summed E-state index contributed by atoms with van der Waals surface area (Å²) in [5, 5.41) is 5.65. The molecular formula is C14H18FN5O. The van der Waals surface area contributed by atoms with E-state index >= 15 is 0 Å². The van der Waals surface area contributed by atoms with E-state index in [9.17, 15) is 4.39 Å². The third-order valence-electron chi connectivity index (χ3n) is 2.55. The summed E-state index contributed by atoms with van der Waals surface area (Å²) in [7, 11) is 1.69. The maximum Gasteiger partial charge on any atom is 0.323 e. The number of nitrogens with zero attached hydrogens (tertiary/aromatic N) is 3. The van der Waals surface area contributed by atoms with Crippen LogP contribution < -0.4 is 15.4 Å². The van der Waals surface area contributed by atoms with Crippen molar-refractivity contribution in [3.05, 3.63) is 29.6 Å². The molecule has 7 heteroatoms. The highest BCUT2D eigenvalue weighted by Crippen LogP contribution is 2.20. The maximum atomic E-state index is 13.8. The molecule has 112 valence electrons. The zero-order valence-electron chi connectivity index (χ0n) is 12.4. The Balaban J connectivity index is 2.29. The summed E-state index contributed by atoms with van der Waals surface area (Å²) in [4.78, 5) is 12.3. The molecule has 21 heavy (non-hydrogen) atoms. The number of aryl methyl sites for hydroxylation is 1. The molecule has 6 nitrogen and oxygen atoms in total. The molecule has 0 saturated carbocycles. The van der Waals surface area contributed by atoms with Crippen LogP contribution in [0, 0.1) is 12.7 Å². The van der Waals surface area contributed by atoms with Crippen molar-refractivity contribution >= 4 is 17.6 Å². The first-order valence-electron chi connectivity index (χ1n) is 6.61. The van der Waals surface area contributed by atoms with Gasteiger partial charge in [-0.1, -0.05) is 6.07 Å². The summed E-state index contributed by atoms with van der Waals surface area (Å²) in [6.45, 7) is 5.56. The molecule has 0 atom stereocenters. The smallest absolute Gasteiger partial charge is 0.323 e. The number of hydrogen-bond donors (Lipinski definition) is 2. The van der Waals surface area contributed by atoms with Gasteiger partial charge in [-0.15, -0.1) is 0 Å². The van der Waals surface area contributed by atoms with Gasteiger partial charge >= 0.3 is 6.01 Å². The highest BCUT2D eigenvalue weighted by atomic mass is 19.1. The van der Waals surface area contributed by atoms with Gasteiger partial charge in [0, 0.05) is 7.05 Å². The third kappa shape index (κ3) is 4.01. The van der Waals surface area contributed by atoms with Gasteiger partial charge in [-0.25, -0.2) is 4.39 Å². The standard InChI is InChI=1S/C14H18FN5O/c1-8(2)21-14-19-12(16-4)18-13(20-14)17-11-6-5-9(3)7-10(11)15/h5-8H,1-4H3,(H2,16,17,18,19,20). The fraction of sp³-hybridized carbons (Fsp3) is 0.357. The molecule has 0 fully saturated rings. The van der Waals surface area contributed by atoms with Crippen molar-refractivity contribution in [3.8, 4) is 6.01 Å². The van der Waals surface area contributed by atoms with Gasteiger partial charge in [0.15, 0.2) is 0 Å². The number of nitrogens with one attached hydrogen (secondary N) is 2. The molecule has 0 aliphatic rings. The summed E-state index contributed by atoms with van der Waals surface area (Å²) >= 11 is 0. The maximum absolute atomic E-state index is 13.8. The molecule has 2 aromatic rings. The van der Waals surface area contributed by atoms with Crippen molar-refractivity contribution in [2.24, 2.45) is 0 Å². The van der Waals surface area contributed by atoms with Gasteiger partial charge in [0.1, 0.15) is 5.82 Å². The average molecular weight is 291 g/mol. The van der Waals surface area contributed by atoms with E-state index < -0.39 is 0 Å². The monoisotopic (exact) mass is 291 g/mol. The van der Waals surface area contributed by atoms with Crippen LogP contribution in [0.1, 0.15) is 19.4 Å². The van der Waals surface area contributed by atoms with Crippen LogP contribution in [0.5, 0.6) is 6.01 Å². The number of aromatic nitrogens is 3. The topological polar surface area (TPSA) is 72.0 Å².